The van der Waals surface area contributed by atoms with E-state index in [2.05, 4.69) is 15.4 Å². The molecule has 10 heteroatoms. The van der Waals surface area contributed by atoms with Crippen LogP contribution < -0.4 is 10.9 Å². The first-order valence-electron chi connectivity index (χ1n) is 8.15. The van der Waals surface area contributed by atoms with Gasteiger partial charge in [0.2, 0.25) is 0 Å². The molecule has 0 unspecified atom stereocenters. The number of rotatable bonds is 5. The summed E-state index contributed by atoms with van der Waals surface area (Å²) in [6.07, 6.45) is -3.44. The normalized spacial score (nSPS) is 11.4. The van der Waals surface area contributed by atoms with Gasteiger partial charge in [-0.1, -0.05) is 12.1 Å². The quantitative estimate of drug-likeness (QED) is 0.621. The molecular formula is C18H15F3N4O3. The third-order valence-electron chi connectivity index (χ3n) is 3.88. The average Bonchev–Trinajstić information content (AvgIpc) is 3.05. The Balaban J connectivity index is 1.77. The molecule has 146 valence electrons. The highest BCUT2D eigenvalue weighted by Gasteiger charge is 2.30. The van der Waals surface area contributed by atoms with Crippen LogP contribution in [0.2, 0.25) is 0 Å². The van der Waals surface area contributed by atoms with Gasteiger partial charge in [-0.3, -0.25) is 14.7 Å². The summed E-state index contributed by atoms with van der Waals surface area (Å²) < 4.78 is 38.7. The van der Waals surface area contributed by atoms with Gasteiger partial charge in [0, 0.05) is 24.6 Å². The van der Waals surface area contributed by atoms with Crippen molar-refractivity contribution < 1.29 is 23.1 Å². The van der Waals surface area contributed by atoms with Crippen molar-refractivity contribution in [3.05, 3.63) is 75.8 Å². The van der Waals surface area contributed by atoms with Gasteiger partial charge in [-0.15, -0.1) is 0 Å². The molecule has 0 bridgehead atoms. The number of hydrogen-bond acceptors (Lipinski definition) is 4. The van der Waals surface area contributed by atoms with Crippen LogP contribution in [0.5, 0.6) is 0 Å². The maximum Gasteiger partial charge on any atom is 0.417 e. The lowest BCUT2D eigenvalue weighted by Crippen LogP contribution is -2.16. The summed E-state index contributed by atoms with van der Waals surface area (Å²) >= 11 is 0. The second-order valence-electron chi connectivity index (χ2n) is 5.87. The second kappa shape index (κ2) is 7.69. The Bertz CT molecular complexity index is 1020. The van der Waals surface area contributed by atoms with Crippen LogP contribution in [0.25, 0.3) is 5.82 Å². The number of carbonyl (C=O) groups excluding carboxylic acids is 1. The molecule has 0 saturated carbocycles. The van der Waals surface area contributed by atoms with Crippen molar-refractivity contribution in [1.82, 2.24) is 14.8 Å². The molecule has 0 fully saturated rings. The zero-order valence-corrected chi connectivity index (χ0v) is 14.3. The van der Waals surface area contributed by atoms with Crippen molar-refractivity contribution in [3.8, 4) is 5.82 Å². The topological polar surface area (TPSA) is 100 Å². The van der Waals surface area contributed by atoms with Crippen LogP contribution >= 0.6 is 0 Å². The fourth-order valence-electron chi connectivity index (χ4n) is 2.45. The fraction of sp³-hybridized carbons (Fsp3) is 0.167. The van der Waals surface area contributed by atoms with Gasteiger partial charge in [0.1, 0.15) is 5.69 Å². The minimum atomic E-state index is -4.54. The van der Waals surface area contributed by atoms with Gasteiger partial charge >= 0.3 is 6.18 Å². The highest BCUT2D eigenvalue weighted by Crippen LogP contribution is 2.28. The Hall–Kier alpha value is -3.40. The lowest BCUT2D eigenvalue weighted by Gasteiger charge is -2.07. The number of aromatic amines is 1. The summed E-state index contributed by atoms with van der Waals surface area (Å²) in [6, 6.07) is 9.63. The number of nitrogens with one attached hydrogen (secondary N) is 2. The number of benzene rings is 1. The Morgan fingerprint density at radius 1 is 1.18 bits per heavy atom. The molecule has 3 N–H and O–H groups in total. The number of nitrogens with zero attached hydrogens (tertiary/aromatic N) is 2. The van der Waals surface area contributed by atoms with Gasteiger partial charge in [0.05, 0.1) is 5.56 Å². The smallest absolute Gasteiger partial charge is 0.396 e. The molecule has 1 amide bonds. The molecule has 0 atom stereocenters. The maximum atomic E-state index is 12.6. The highest BCUT2D eigenvalue weighted by atomic mass is 19.4. The van der Waals surface area contributed by atoms with E-state index in [1.165, 1.54) is 0 Å². The molecule has 28 heavy (non-hydrogen) atoms. The van der Waals surface area contributed by atoms with E-state index in [9.17, 15) is 22.8 Å². The standard InChI is InChI=1S/C18H15F3N4O3/c19-18(20,21)12-3-6-15(22-10-12)25-16(27)9-14(24-25)17(28)23-13-4-1-11(2-5-13)7-8-26/h1-6,9-10,24,26H,7-8H2,(H,23,28). The van der Waals surface area contributed by atoms with Gasteiger partial charge in [-0.05, 0) is 36.2 Å². The van der Waals surface area contributed by atoms with Crippen LogP contribution in [-0.4, -0.2) is 32.4 Å². The number of aromatic nitrogens is 3. The van der Waals surface area contributed by atoms with Crippen LogP contribution in [0.15, 0.2) is 53.5 Å². The van der Waals surface area contributed by atoms with E-state index in [1.54, 1.807) is 24.3 Å². The first-order chi connectivity index (χ1) is 13.3. The number of hydrogen-bond donors (Lipinski definition) is 3. The number of amides is 1. The second-order valence-corrected chi connectivity index (χ2v) is 5.87. The van der Waals surface area contributed by atoms with Crippen molar-refractivity contribution in [2.75, 3.05) is 11.9 Å². The number of pyridine rings is 1. The number of alkyl halides is 3. The van der Waals surface area contributed by atoms with E-state index in [4.69, 9.17) is 5.11 Å². The Labute approximate surface area is 156 Å². The molecule has 0 radical (unpaired) electrons. The molecule has 3 aromatic rings. The third kappa shape index (κ3) is 4.29. The molecule has 0 aliphatic carbocycles. The Morgan fingerprint density at radius 2 is 1.89 bits per heavy atom. The summed E-state index contributed by atoms with van der Waals surface area (Å²) in [5.41, 5.74) is -0.290. The highest BCUT2D eigenvalue weighted by molar-refractivity contribution is 6.02. The minimum Gasteiger partial charge on any atom is -0.396 e. The van der Waals surface area contributed by atoms with Gasteiger partial charge in [0.15, 0.2) is 5.82 Å². The van der Waals surface area contributed by atoms with Crippen LogP contribution in [-0.2, 0) is 12.6 Å². The van der Waals surface area contributed by atoms with Gasteiger partial charge < -0.3 is 10.4 Å². The van der Waals surface area contributed by atoms with Crippen LogP contribution in [0.3, 0.4) is 0 Å². The van der Waals surface area contributed by atoms with Crippen molar-refractivity contribution in [3.63, 3.8) is 0 Å². The third-order valence-corrected chi connectivity index (χ3v) is 3.88. The van der Waals surface area contributed by atoms with E-state index in [0.29, 0.717) is 18.3 Å². The summed E-state index contributed by atoms with van der Waals surface area (Å²) in [6.45, 7) is 0.0123. The Morgan fingerprint density at radius 3 is 2.46 bits per heavy atom. The van der Waals surface area contributed by atoms with Crippen molar-refractivity contribution in [1.29, 1.82) is 0 Å². The number of anilines is 1. The van der Waals surface area contributed by atoms with Gasteiger partial charge in [-0.2, -0.15) is 13.2 Å². The number of halogens is 3. The van der Waals surface area contributed by atoms with Crippen molar-refractivity contribution >= 4 is 11.6 Å². The summed E-state index contributed by atoms with van der Waals surface area (Å²) in [7, 11) is 0. The number of aliphatic hydroxyl groups is 1. The van der Waals surface area contributed by atoms with E-state index < -0.39 is 23.2 Å². The van der Waals surface area contributed by atoms with Crippen molar-refractivity contribution in [2.24, 2.45) is 0 Å². The van der Waals surface area contributed by atoms with E-state index in [-0.39, 0.29) is 18.1 Å². The minimum absolute atomic E-state index is 0.0123. The van der Waals surface area contributed by atoms with Crippen LogP contribution in [0.4, 0.5) is 18.9 Å². The lowest BCUT2D eigenvalue weighted by atomic mass is 10.1. The zero-order chi connectivity index (χ0) is 20.3. The predicted octanol–water partition coefficient (Wildman–Crippen LogP) is 2.37. The van der Waals surface area contributed by atoms with E-state index in [1.807, 2.05) is 0 Å². The molecule has 7 nitrogen and oxygen atoms in total. The van der Waals surface area contributed by atoms with Crippen LogP contribution in [0, 0.1) is 0 Å². The predicted molar refractivity (Wildman–Crippen MR) is 94.4 cm³/mol. The molecule has 2 heterocycles. The molecule has 0 aliphatic rings. The monoisotopic (exact) mass is 392 g/mol. The van der Waals surface area contributed by atoms with Crippen LogP contribution in [0.1, 0.15) is 21.6 Å². The average molecular weight is 392 g/mol. The first-order valence-corrected chi connectivity index (χ1v) is 8.15. The van der Waals surface area contributed by atoms with Crippen molar-refractivity contribution in [2.45, 2.75) is 12.6 Å². The van der Waals surface area contributed by atoms with E-state index >= 15 is 0 Å². The number of aliphatic hydroxyl groups excluding tert-OH is 1. The molecule has 3 rings (SSSR count). The SMILES string of the molecule is O=C(Nc1ccc(CCO)cc1)c1cc(=O)n(-c2ccc(C(F)(F)F)cn2)[nH]1. The summed E-state index contributed by atoms with van der Waals surface area (Å²) in [5.74, 6) is -0.678. The number of carbonyl (C=O) groups is 1. The molecule has 0 spiro atoms. The number of H-pyrrole nitrogens is 1. The fourth-order valence-corrected chi connectivity index (χ4v) is 2.45. The molecule has 0 saturated heterocycles. The van der Waals surface area contributed by atoms with E-state index in [0.717, 1.165) is 28.4 Å². The molecule has 0 aliphatic heterocycles. The summed E-state index contributed by atoms with van der Waals surface area (Å²) in [4.78, 5) is 28.0. The molecular weight excluding hydrogens is 377 g/mol. The zero-order valence-electron chi connectivity index (χ0n) is 14.3. The molecule has 2 aromatic heterocycles. The molecule has 1 aromatic carbocycles. The Kier molecular flexibility index (Phi) is 5.32. The van der Waals surface area contributed by atoms with Gasteiger partial charge in [0.25, 0.3) is 11.5 Å². The van der Waals surface area contributed by atoms with Gasteiger partial charge in [-0.25, -0.2) is 9.67 Å². The first kappa shape index (κ1) is 19.4. The summed E-state index contributed by atoms with van der Waals surface area (Å²) in [5, 5.41) is 14.0. The largest absolute Gasteiger partial charge is 0.417 e. The lowest BCUT2D eigenvalue weighted by molar-refractivity contribution is -0.137. The maximum absolute atomic E-state index is 12.6.